The van der Waals surface area contributed by atoms with E-state index >= 15 is 0 Å². The van der Waals surface area contributed by atoms with E-state index in [1.165, 1.54) is 12.0 Å². The lowest BCUT2D eigenvalue weighted by molar-refractivity contribution is 0.0675. The molecule has 4 aliphatic rings. The molecule has 1 aromatic carbocycles. The van der Waals surface area contributed by atoms with Crippen LogP contribution in [0.4, 0.5) is 0 Å². The Hall–Kier alpha value is -1.44. The molecule has 4 fully saturated rings. The highest BCUT2D eigenvalue weighted by Crippen LogP contribution is 2.57. The van der Waals surface area contributed by atoms with Crippen molar-refractivity contribution in [2.75, 3.05) is 7.04 Å². The first kappa shape index (κ1) is 9.49. The molecule has 0 heterocycles. The third-order valence-electron chi connectivity index (χ3n) is 5.49. The second-order valence-electron chi connectivity index (χ2n) is 6.74. The van der Waals surface area contributed by atoms with Crippen LogP contribution in [-0.2, 0) is 4.74 Å². The van der Waals surface area contributed by atoms with E-state index in [1.54, 1.807) is 18.2 Å². The van der Waals surface area contributed by atoms with Crippen LogP contribution in [0.1, 0.15) is 41.8 Å². The molecule has 0 saturated heterocycles. The van der Waals surface area contributed by atoms with E-state index in [-0.39, 0.29) is 5.75 Å². The summed E-state index contributed by atoms with van der Waals surface area (Å²) < 4.78 is 28.1. The number of ether oxygens (including phenoxy) is 1. The molecule has 0 atom stereocenters. The molecule has 2 heteroatoms. The van der Waals surface area contributed by atoms with Crippen LogP contribution in [0.5, 0.6) is 5.75 Å². The Morgan fingerprint density at radius 1 is 1.15 bits per heavy atom. The minimum atomic E-state index is -2.47. The molecule has 1 N–H and O–H groups in total. The fourth-order valence-corrected chi connectivity index (χ4v) is 4.99. The van der Waals surface area contributed by atoms with Crippen molar-refractivity contribution in [1.29, 1.82) is 0 Å². The smallest absolute Gasteiger partial charge is 0.125 e. The molecule has 0 aliphatic heterocycles. The molecule has 4 bridgehead atoms. The molecule has 0 radical (unpaired) electrons. The molecule has 4 aliphatic carbocycles. The lowest BCUT2D eigenvalue weighted by Crippen LogP contribution is -2.40. The first-order chi connectivity index (χ1) is 10.9. The van der Waals surface area contributed by atoms with Crippen LogP contribution in [0.25, 0.3) is 5.76 Å². The minimum absolute atomic E-state index is 0.138. The molecule has 0 aromatic heterocycles. The molecular formula is C18H22O2. The number of hydrogen-bond acceptors (Lipinski definition) is 2. The van der Waals surface area contributed by atoms with Gasteiger partial charge in [-0.3, -0.25) is 0 Å². The summed E-state index contributed by atoms with van der Waals surface area (Å²) in [6.45, 7) is 0. The largest absolute Gasteiger partial charge is 0.508 e. The van der Waals surface area contributed by atoms with Crippen LogP contribution >= 0.6 is 0 Å². The Morgan fingerprint density at radius 2 is 1.85 bits per heavy atom. The normalized spacial score (nSPS) is 37.2. The van der Waals surface area contributed by atoms with Crippen molar-refractivity contribution in [3.63, 3.8) is 0 Å². The minimum Gasteiger partial charge on any atom is -0.508 e. The Kier molecular flexibility index (Phi) is 2.15. The van der Waals surface area contributed by atoms with Crippen LogP contribution in [0.3, 0.4) is 0 Å². The van der Waals surface area contributed by atoms with Crippen molar-refractivity contribution < 1.29 is 14.0 Å². The van der Waals surface area contributed by atoms with Gasteiger partial charge in [0.25, 0.3) is 0 Å². The van der Waals surface area contributed by atoms with Gasteiger partial charge >= 0.3 is 0 Å². The summed E-state index contributed by atoms with van der Waals surface area (Å²) in [5.74, 6) is 3.14. The Labute approximate surface area is 124 Å². The molecule has 0 amide bonds. The monoisotopic (exact) mass is 273 g/mol. The van der Waals surface area contributed by atoms with Crippen LogP contribution < -0.4 is 0 Å². The van der Waals surface area contributed by atoms with Crippen LogP contribution in [-0.4, -0.2) is 12.1 Å². The van der Waals surface area contributed by atoms with E-state index in [1.807, 2.05) is 6.07 Å². The summed E-state index contributed by atoms with van der Waals surface area (Å²) in [4.78, 5) is 0. The maximum atomic E-state index is 9.79. The zero-order chi connectivity index (χ0) is 16.2. The lowest BCUT2D eigenvalue weighted by Gasteiger charge is -2.51. The first-order valence-electron chi connectivity index (χ1n) is 9.11. The van der Waals surface area contributed by atoms with Crippen molar-refractivity contribution in [3.8, 4) is 5.75 Å². The Morgan fingerprint density at radius 3 is 2.45 bits per heavy atom. The number of aromatic hydroxyl groups is 1. The predicted octanol–water partition coefficient (Wildman–Crippen LogP) is 4.21. The van der Waals surface area contributed by atoms with Gasteiger partial charge in [0.2, 0.25) is 0 Å². The highest BCUT2D eigenvalue weighted by atomic mass is 16.5. The second-order valence-corrected chi connectivity index (χ2v) is 6.74. The molecule has 0 spiro atoms. The van der Waals surface area contributed by atoms with Crippen LogP contribution in [0, 0.1) is 23.7 Å². The summed E-state index contributed by atoms with van der Waals surface area (Å²) in [6.07, 6.45) is 6.00. The van der Waals surface area contributed by atoms with Gasteiger partial charge in [0.05, 0.1) is 11.2 Å². The maximum Gasteiger partial charge on any atom is 0.125 e. The van der Waals surface area contributed by atoms with Crippen LogP contribution in [0.2, 0.25) is 0 Å². The van der Waals surface area contributed by atoms with Gasteiger partial charge in [0, 0.05) is 5.56 Å². The number of benzene rings is 1. The van der Waals surface area contributed by atoms with E-state index in [0.717, 1.165) is 37.5 Å². The Balaban J connectivity index is 1.81. The van der Waals surface area contributed by atoms with E-state index < -0.39 is 7.04 Å². The molecule has 0 unspecified atom stereocenters. The van der Waals surface area contributed by atoms with E-state index in [9.17, 15) is 5.11 Å². The predicted molar refractivity (Wildman–Crippen MR) is 79.1 cm³/mol. The second kappa shape index (κ2) is 4.54. The van der Waals surface area contributed by atoms with Gasteiger partial charge < -0.3 is 9.84 Å². The number of hydrogen-bond donors (Lipinski definition) is 1. The van der Waals surface area contributed by atoms with Gasteiger partial charge in [-0.05, 0) is 73.5 Å². The number of methoxy groups -OCH3 is 1. The van der Waals surface area contributed by atoms with Gasteiger partial charge in [-0.25, -0.2) is 0 Å². The van der Waals surface area contributed by atoms with Gasteiger partial charge in [0.15, 0.2) is 0 Å². The average molecular weight is 273 g/mol. The van der Waals surface area contributed by atoms with Crippen molar-refractivity contribution in [1.82, 2.24) is 0 Å². The van der Waals surface area contributed by atoms with E-state index in [2.05, 4.69) is 0 Å². The fourth-order valence-electron chi connectivity index (χ4n) is 4.99. The number of allylic oxidation sites excluding steroid dienone is 1. The van der Waals surface area contributed by atoms with Gasteiger partial charge in [0.1, 0.15) is 11.5 Å². The molecule has 20 heavy (non-hydrogen) atoms. The quantitative estimate of drug-likeness (QED) is 0.818. The SMILES string of the molecule is [2H]C([2H])([2H])OC(=C1C2CC3CC(C2)CC1C3)c1cccc(O)c1. The number of phenols is 1. The zero-order valence-corrected chi connectivity index (χ0v) is 11.5. The Bertz CT molecular complexity index is 618. The fraction of sp³-hybridized carbons (Fsp3) is 0.556. The standard InChI is InChI=1S/C18H22O2/c1-20-18(13-3-2-4-16(19)10-13)17-14-6-11-5-12(8-14)9-15(17)7-11/h2-4,10-12,14-15,19H,5-9H2,1H3/i1D3. The highest BCUT2D eigenvalue weighted by molar-refractivity contribution is 5.66. The maximum absolute atomic E-state index is 9.79. The number of phenolic OH excluding ortho intramolecular Hbond substituents is 1. The molecular weight excluding hydrogens is 248 g/mol. The highest BCUT2D eigenvalue weighted by Gasteiger charge is 2.46. The van der Waals surface area contributed by atoms with Crippen LogP contribution in [0.15, 0.2) is 29.8 Å². The van der Waals surface area contributed by atoms with Crippen molar-refractivity contribution in [2.45, 2.75) is 32.1 Å². The third-order valence-corrected chi connectivity index (χ3v) is 5.49. The lowest BCUT2D eigenvalue weighted by atomic mass is 9.54. The van der Waals surface area contributed by atoms with Gasteiger partial charge in [-0.15, -0.1) is 0 Å². The van der Waals surface area contributed by atoms with Crippen molar-refractivity contribution >= 4 is 5.76 Å². The van der Waals surface area contributed by atoms with Gasteiger partial charge in [-0.2, -0.15) is 0 Å². The summed E-state index contributed by atoms with van der Waals surface area (Å²) in [6, 6.07) is 6.78. The van der Waals surface area contributed by atoms with Crippen molar-refractivity contribution in [3.05, 3.63) is 35.4 Å². The molecule has 1 aromatic rings. The first-order valence-corrected chi connectivity index (χ1v) is 7.61. The molecule has 5 rings (SSSR count). The van der Waals surface area contributed by atoms with Gasteiger partial charge in [-0.1, -0.05) is 12.1 Å². The van der Waals surface area contributed by atoms with E-state index in [4.69, 9.17) is 8.85 Å². The van der Waals surface area contributed by atoms with E-state index in [0.29, 0.717) is 23.2 Å². The summed E-state index contributed by atoms with van der Waals surface area (Å²) in [5, 5.41) is 9.79. The number of rotatable bonds is 2. The third kappa shape index (κ3) is 1.85. The summed E-state index contributed by atoms with van der Waals surface area (Å²) in [5.41, 5.74) is 1.88. The zero-order valence-electron chi connectivity index (χ0n) is 14.5. The summed E-state index contributed by atoms with van der Waals surface area (Å²) >= 11 is 0. The summed E-state index contributed by atoms with van der Waals surface area (Å²) in [7, 11) is -2.47. The molecule has 2 nitrogen and oxygen atoms in total. The van der Waals surface area contributed by atoms with Crippen molar-refractivity contribution in [2.24, 2.45) is 23.7 Å². The topological polar surface area (TPSA) is 29.5 Å². The average Bonchev–Trinajstić information content (AvgIpc) is 2.43. The molecule has 106 valence electrons. The molecule has 4 saturated carbocycles.